The lowest BCUT2D eigenvalue weighted by Crippen LogP contribution is -2.37. The lowest BCUT2D eigenvalue weighted by molar-refractivity contribution is 0.723. The van der Waals surface area contributed by atoms with E-state index in [0.717, 1.165) is 6.54 Å². The number of hydrogen-bond acceptors (Lipinski definition) is 3. The Bertz CT molecular complexity index is 188. The number of nitrogens with two attached hydrogens (primary N) is 1. The number of nitrogens with zero attached hydrogens (tertiary/aromatic N) is 1. The van der Waals surface area contributed by atoms with E-state index in [4.69, 9.17) is 5.73 Å². The van der Waals surface area contributed by atoms with Gasteiger partial charge in [-0.1, -0.05) is 0 Å². The number of nitrogens with one attached hydrogen (secondary N) is 1. The molecule has 1 unspecified atom stereocenters. The molecule has 1 rings (SSSR count). The van der Waals surface area contributed by atoms with Crippen LogP contribution in [0.15, 0.2) is 4.99 Å². The van der Waals surface area contributed by atoms with Crippen LogP contribution in [-0.2, 0) is 0 Å². The maximum atomic E-state index is 5.71. The van der Waals surface area contributed by atoms with E-state index in [1.54, 1.807) is 0 Å². The first kappa shape index (κ1) is 12.0. The van der Waals surface area contributed by atoms with Crippen LogP contribution in [0.25, 0.3) is 0 Å². The summed E-state index contributed by atoms with van der Waals surface area (Å²) in [6.45, 7) is 4.98. The molecule has 14 heavy (non-hydrogen) atoms. The highest BCUT2D eigenvalue weighted by Crippen LogP contribution is 2.23. The topological polar surface area (TPSA) is 50.4 Å². The molecule has 0 aromatic rings. The fourth-order valence-electron chi connectivity index (χ4n) is 1.18. The Morgan fingerprint density at radius 1 is 1.57 bits per heavy atom. The molecule has 1 aliphatic heterocycles. The SMILES string of the molecule is CC(C)NC(N)=NCC1CSCCS1. The number of guanidine groups is 1. The van der Waals surface area contributed by atoms with Crippen LogP contribution in [0.4, 0.5) is 0 Å². The van der Waals surface area contributed by atoms with E-state index in [2.05, 4.69) is 24.2 Å². The predicted octanol–water partition coefficient (Wildman–Crippen LogP) is 1.15. The Labute approximate surface area is 94.7 Å². The average molecular weight is 233 g/mol. The number of thioether (sulfide) groups is 2. The minimum atomic E-state index is 0.368. The van der Waals surface area contributed by atoms with Crippen molar-refractivity contribution in [3.8, 4) is 0 Å². The van der Waals surface area contributed by atoms with Gasteiger partial charge in [-0.3, -0.25) is 4.99 Å². The first-order valence-corrected chi connectivity index (χ1v) is 7.14. The predicted molar refractivity (Wildman–Crippen MR) is 68.3 cm³/mol. The van der Waals surface area contributed by atoms with Crippen LogP contribution in [0.3, 0.4) is 0 Å². The molecule has 0 spiro atoms. The van der Waals surface area contributed by atoms with Crippen LogP contribution in [0.2, 0.25) is 0 Å². The van der Waals surface area contributed by atoms with Gasteiger partial charge in [-0.15, -0.1) is 0 Å². The molecular weight excluding hydrogens is 214 g/mol. The Hall–Kier alpha value is -0.0300. The van der Waals surface area contributed by atoms with Crippen LogP contribution in [0, 0.1) is 0 Å². The molecule has 82 valence electrons. The van der Waals surface area contributed by atoms with Crippen LogP contribution >= 0.6 is 23.5 Å². The third kappa shape index (κ3) is 5.00. The summed E-state index contributed by atoms with van der Waals surface area (Å²) in [6, 6.07) is 0.368. The van der Waals surface area contributed by atoms with E-state index in [1.807, 2.05) is 23.5 Å². The van der Waals surface area contributed by atoms with Crippen molar-refractivity contribution in [1.82, 2.24) is 5.32 Å². The summed E-state index contributed by atoms with van der Waals surface area (Å²) in [4.78, 5) is 4.34. The van der Waals surface area contributed by atoms with E-state index in [0.29, 0.717) is 17.3 Å². The average Bonchev–Trinajstić information content (AvgIpc) is 2.15. The van der Waals surface area contributed by atoms with Crippen LogP contribution in [0.1, 0.15) is 13.8 Å². The molecule has 3 N–H and O–H groups in total. The zero-order valence-electron chi connectivity index (χ0n) is 8.82. The summed E-state index contributed by atoms with van der Waals surface area (Å²) in [5.74, 6) is 4.33. The molecule has 0 amide bonds. The molecule has 1 heterocycles. The van der Waals surface area contributed by atoms with Crippen LogP contribution in [-0.4, -0.2) is 41.1 Å². The van der Waals surface area contributed by atoms with Crippen molar-refractivity contribution in [2.24, 2.45) is 10.7 Å². The fraction of sp³-hybridized carbons (Fsp3) is 0.889. The van der Waals surface area contributed by atoms with E-state index < -0.39 is 0 Å². The van der Waals surface area contributed by atoms with Gasteiger partial charge in [-0.2, -0.15) is 23.5 Å². The van der Waals surface area contributed by atoms with Gasteiger partial charge in [0.1, 0.15) is 0 Å². The van der Waals surface area contributed by atoms with Gasteiger partial charge in [0.2, 0.25) is 0 Å². The molecule has 0 saturated carbocycles. The quantitative estimate of drug-likeness (QED) is 0.567. The first-order chi connectivity index (χ1) is 6.68. The summed E-state index contributed by atoms with van der Waals surface area (Å²) in [5, 5.41) is 3.75. The minimum absolute atomic E-state index is 0.368. The molecule has 1 saturated heterocycles. The first-order valence-electron chi connectivity index (χ1n) is 4.94. The third-order valence-corrected chi connectivity index (χ3v) is 4.61. The Kier molecular flexibility index (Phi) is 5.55. The lowest BCUT2D eigenvalue weighted by atomic mass is 10.4. The molecule has 0 aliphatic carbocycles. The van der Waals surface area contributed by atoms with Crippen molar-refractivity contribution in [3.05, 3.63) is 0 Å². The summed E-state index contributed by atoms with van der Waals surface area (Å²) < 4.78 is 0. The molecule has 0 aromatic carbocycles. The maximum absolute atomic E-state index is 5.71. The fourth-order valence-corrected chi connectivity index (χ4v) is 3.76. The number of hydrogen-bond donors (Lipinski definition) is 2. The monoisotopic (exact) mass is 233 g/mol. The summed E-state index contributed by atoms with van der Waals surface area (Å²) in [5.41, 5.74) is 5.71. The zero-order valence-corrected chi connectivity index (χ0v) is 10.5. The molecular formula is C9H19N3S2. The Balaban J connectivity index is 2.22. The second-order valence-electron chi connectivity index (χ2n) is 3.59. The highest BCUT2D eigenvalue weighted by molar-refractivity contribution is 8.06. The second-order valence-corrected chi connectivity index (χ2v) is 6.15. The summed E-state index contributed by atoms with van der Waals surface area (Å²) in [7, 11) is 0. The van der Waals surface area contributed by atoms with Crippen LogP contribution < -0.4 is 11.1 Å². The zero-order chi connectivity index (χ0) is 10.4. The van der Waals surface area contributed by atoms with Gasteiger partial charge < -0.3 is 11.1 Å². The van der Waals surface area contributed by atoms with Gasteiger partial charge >= 0.3 is 0 Å². The second kappa shape index (κ2) is 6.45. The molecule has 0 radical (unpaired) electrons. The number of rotatable bonds is 3. The van der Waals surface area contributed by atoms with Gasteiger partial charge in [-0.05, 0) is 13.8 Å². The van der Waals surface area contributed by atoms with Gasteiger partial charge in [0.25, 0.3) is 0 Å². The highest BCUT2D eigenvalue weighted by atomic mass is 32.2. The smallest absolute Gasteiger partial charge is 0.188 e. The summed E-state index contributed by atoms with van der Waals surface area (Å²) >= 11 is 4.03. The standard InChI is InChI=1S/C9H19N3S2/c1-7(2)12-9(10)11-5-8-6-13-3-4-14-8/h7-8H,3-6H2,1-2H3,(H3,10,11,12). The Morgan fingerprint density at radius 2 is 2.36 bits per heavy atom. The largest absolute Gasteiger partial charge is 0.370 e. The van der Waals surface area contributed by atoms with Crippen molar-refractivity contribution in [1.29, 1.82) is 0 Å². The van der Waals surface area contributed by atoms with Gasteiger partial charge in [0.15, 0.2) is 5.96 Å². The normalized spacial score (nSPS) is 23.9. The van der Waals surface area contributed by atoms with E-state index in [1.165, 1.54) is 17.3 Å². The molecule has 3 nitrogen and oxygen atoms in total. The molecule has 0 aromatic heterocycles. The molecule has 5 heteroatoms. The van der Waals surface area contributed by atoms with Gasteiger partial charge in [0.05, 0.1) is 6.54 Å². The number of aliphatic imine (C=N–C) groups is 1. The van der Waals surface area contributed by atoms with E-state index in [9.17, 15) is 0 Å². The molecule has 0 bridgehead atoms. The third-order valence-electron chi connectivity index (χ3n) is 1.79. The van der Waals surface area contributed by atoms with Crippen molar-refractivity contribution in [3.63, 3.8) is 0 Å². The molecule has 1 aliphatic rings. The molecule has 1 fully saturated rings. The van der Waals surface area contributed by atoms with Crippen molar-refractivity contribution < 1.29 is 0 Å². The van der Waals surface area contributed by atoms with E-state index >= 15 is 0 Å². The highest BCUT2D eigenvalue weighted by Gasteiger charge is 2.13. The van der Waals surface area contributed by atoms with Gasteiger partial charge in [0, 0.05) is 28.6 Å². The van der Waals surface area contributed by atoms with Crippen molar-refractivity contribution in [2.45, 2.75) is 25.1 Å². The van der Waals surface area contributed by atoms with Crippen LogP contribution in [0.5, 0.6) is 0 Å². The molecule has 1 atom stereocenters. The minimum Gasteiger partial charge on any atom is -0.370 e. The maximum Gasteiger partial charge on any atom is 0.188 e. The lowest BCUT2D eigenvalue weighted by Gasteiger charge is -2.19. The van der Waals surface area contributed by atoms with E-state index in [-0.39, 0.29) is 0 Å². The van der Waals surface area contributed by atoms with Gasteiger partial charge in [-0.25, -0.2) is 0 Å². The van der Waals surface area contributed by atoms with Crippen molar-refractivity contribution >= 4 is 29.5 Å². The Morgan fingerprint density at radius 3 is 2.93 bits per heavy atom. The van der Waals surface area contributed by atoms with Crippen molar-refractivity contribution in [2.75, 3.05) is 23.8 Å². The summed E-state index contributed by atoms with van der Waals surface area (Å²) in [6.07, 6.45) is 0.